The third-order valence-electron chi connectivity index (χ3n) is 5.14. The molecule has 0 fully saturated rings. The van der Waals surface area contributed by atoms with E-state index >= 15 is 0 Å². The first kappa shape index (κ1) is 21.2. The van der Waals surface area contributed by atoms with Crippen LogP contribution in [0, 0.1) is 0 Å². The molecule has 0 bridgehead atoms. The van der Waals surface area contributed by atoms with Gasteiger partial charge in [-0.25, -0.2) is 0 Å². The van der Waals surface area contributed by atoms with E-state index in [1.807, 2.05) is 42.5 Å². The van der Waals surface area contributed by atoms with Gasteiger partial charge in [0, 0.05) is 5.56 Å². The number of nitrogens with zero attached hydrogens (tertiary/aromatic N) is 3. The normalized spacial score (nSPS) is 12.6. The molecule has 0 saturated heterocycles. The van der Waals surface area contributed by atoms with E-state index in [-0.39, 0.29) is 11.0 Å². The zero-order valence-corrected chi connectivity index (χ0v) is 19.2. The van der Waals surface area contributed by atoms with Gasteiger partial charge in [0.05, 0.1) is 11.1 Å². The Morgan fingerprint density at radius 1 is 1.06 bits per heavy atom. The van der Waals surface area contributed by atoms with Crippen LogP contribution in [-0.2, 0) is 5.41 Å². The van der Waals surface area contributed by atoms with E-state index < -0.39 is 0 Å². The molecule has 0 aliphatic carbocycles. The summed E-state index contributed by atoms with van der Waals surface area (Å²) in [5.41, 5.74) is 3.05. The van der Waals surface area contributed by atoms with Gasteiger partial charge in [0.1, 0.15) is 5.75 Å². The number of fused-ring (bicyclic) bond motifs is 1. The van der Waals surface area contributed by atoms with Crippen LogP contribution in [0.1, 0.15) is 51.7 Å². The quantitative estimate of drug-likeness (QED) is 0.408. The van der Waals surface area contributed by atoms with Gasteiger partial charge in [0.2, 0.25) is 4.96 Å². The number of unbranched alkanes of at least 4 members (excludes halogenated alkanes) is 1. The van der Waals surface area contributed by atoms with Crippen LogP contribution in [0.2, 0.25) is 0 Å². The van der Waals surface area contributed by atoms with Crippen LogP contribution in [0.3, 0.4) is 0 Å². The number of ether oxygens (including phenoxy) is 1. The average molecular weight is 434 g/mol. The first-order valence-electron chi connectivity index (χ1n) is 10.6. The largest absolute Gasteiger partial charge is 0.494 e. The fourth-order valence-corrected chi connectivity index (χ4v) is 4.13. The molecule has 4 rings (SSSR count). The molecule has 6 heteroatoms. The van der Waals surface area contributed by atoms with E-state index in [0.717, 1.165) is 36.3 Å². The van der Waals surface area contributed by atoms with Crippen molar-refractivity contribution < 1.29 is 4.74 Å². The first-order valence-corrected chi connectivity index (χ1v) is 11.4. The van der Waals surface area contributed by atoms with Crippen LogP contribution in [0.5, 0.6) is 5.75 Å². The minimum absolute atomic E-state index is 0.0905. The van der Waals surface area contributed by atoms with Gasteiger partial charge in [0.15, 0.2) is 5.82 Å². The van der Waals surface area contributed by atoms with Crippen LogP contribution in [0.25, 0.3) is 22.4 Å². The van der Waals surface area contributed by atoms with Crippen molar-refractivity contribution in [2.75, 3.05) is 6.61 Å². The average Bonchev–Trinajstić information content (AvgIpc) is 3.29. The van der Waals surface area contributed by atoms with Crippen molar-refractivity contribution in [3.8, 4) is 17.1 Å². The molecule has 2 aromatic carbocycles. The molecule has 0 N–H and O–H groups in total. The Labute approximate surface area is 186 Å². The van der Waals surface area contributed by atoms with Gasteiger partial charge in [-0.05, 0) is 41.2 Å². The number of hydrogen-bond donors (Lipinski definition) is 0. The van der Waals surface area contributed by atoms with Crippen molar-refractivity contribution in [3.05, 3.63) is 74.5 Å². The molecule has 0 amide bonds. The van der Waals surface area contributed by atoms with Crippen molar-refractivity contribution in [1.82, 2.24) is 14.6 Å². The molecule has 0 aliphatic rings. The van der Waals surface area contributed by atoms with Crippen molar-refractivity contribution in [2.24, 2.45) is 0 Å². The van der Waals surface area contributed by atoms with Gasteiger partial charge < -0.3 is 4.74 Å². The molecule has 0 aliphatic heterocycles. The molecule has 31 heavy (non-hydrogen) atoms. The molecule has 2 aromatic heterocycles. The number of hydrogen-bond acceptors (Lipinski definition) is 5. The standard InChI is InChI=1S/C25H27N3O2S/c1-5-6-15-30-20-13-7-17(8-14-20)16-21-23(29)28-24(31-21)26-22(27-28)18-9-11-19(12-10-18)25(2,3)4/h7-14,16H,5-6,15H2,1-4H3/b21-16-. The highest BCUT2D eigenvalue weighted by atomic mass is 32.1. The van der Waals surface area contributed by atoms with Gasteiger partial charge >= 0.3 is 0 Å². The van der Waals surface area contributed by atoms with E-state index in [9.17, 15) is 4.79 Å². The van der Waals surface area contributed by atoms with Crippen molar-refractivity contribution in [3.63, 3.8) is 0 Å². The van der Waals surface area contributed by atoms with Gasteiger partial charge in [0.25, 0.3) is 5.56 Å². The van der Waals surface area contributed by atoms with Crippen LogP contribution in [0.15, 0.2) is 53.3 Å². The lowest BCUT2D eigenvalue weighted by Crippen LogP contribution is -2.23. The summed E-state index contributed by atoms with van der Waals surface area (Å²) >= 11 is 1.35. The Hall–Kier alpha value is -2.99. The Morgan fingerprint density at radius 2 is 1.77 bits per heavy atom. The van der Waals surface area contributed by atoms with Crippen molar-refractivity contribution >= 4 is 22.4 Å². The summed E-state index contributed by atoms with van der Waals surface area (Å²) in [6.45, 7) is 9.41. The van der Waals surface area contributed by atoms with Crippen LogP contribution >= 0.6 is 11.3 Å². The third kappa shape index (κ3) is 4.69. The summed E-state index contributed by atoms with van der Waals surface area (Å²) in [7, 11) is 0. The SMILES string of the molecule is CCCCOc1ccc(/C=c2\sc3nc(-c4ccc(C(C)(C)C)cc4)nn3c2=O)cc1. The van der Waals surface area contributed by atoms with Crippen LogP contribution in [-0.4, -0.2) is 21.2 Å². The number of benzene rings is 2. The maximum Gasteiger partial charge on any atom is 0.291 e. The second-order valence-electron chi connectivity index (χ2n) is 8.64. The lowest BCUT2D eigenvalue weighted by Gasteiger charge is -2.18. The Balaban J connectivity index is 1.58. The molecule has 160 valence electrons. The lowest BCUT2D eigenvalue weighted by molar-refractivity contribution is 0.309. The molecule has 4 aromatic rings. The minimum Gasteiger partial charge on any atom is -0.494 e. The fraction of sp³-hybridized carbons (Fsp3) is 0.320. The summed E-state index contributed by atoms with van der Waals surface area (Å²) in [5.74, 6) is 1.42. The molecular formula is C25H27N3O2S. The maximum atomic E-state index is 12.8. The minimum atomic E-state index is -0.145. The van der Waals surface area contributed by atoms with Gasteiger partial charge in [-0.2, -0.15) is 9.50 Å². The zero-order valence-electron chi connectivity index (χ0n) is 18.4. The smallest absolute Gasteiger partial charge is 0.291 e. The second-order valence-corrected chi connectivity index (χ2v) is 9.65. The molecule has 0 saturated carbocycles. The highest BCUT2D eigenvalue weighted by molar-refractivity contribution is 7.15. The second kappa shape index (κ2) is 8.63. The highest BCUT2D eigenvalue weighted by Gasteiger charge is 2.15. The summed E-state index contributed by atoms with van der Waals surface area (Å²) in [5, 5.41) is 4.46. The molecule has 0 spiro atoms. The fourth-order valence-electron chi connectivity index (χ4n) is 3.22. The van der Waals surface area contributed by atoms with E-state index in [0.29, 0.717) is 15.3 Å². The topological polar surface area (TPSA) is 56.5 Å². The van der Waals surface area contributed by atoms with E-state index in [2.05, 4.69) is 49.9 Å². The summed E-state index contributed by atoms with van der Waals surface area (Å²) < 4.78 is 7.70. The predicted molar refractivity (Wildman–Crippen MR) is 127 cm³/mol. The Bertz CT molecular complexity index is 1280. The van der Waals surface area contributed by atoms with Gasteiger partial charge in [-0.15, -0.1) is 5.10 Å². The van der Waals surface area contributed by atoms with Crippen molar-refractivity contribution in [1.29, 1.82) is 0 Å². The summed E-state index contributed by atoms with van der Waals surface area (Å²) in [6, 6.07) is 16.0. The monoisotopic (exact) mass is 433 g/mol. The molecule has 5 nitrogen and oxygen atoms in total. The molecule has 0 atom stereocenters. The molecule has 0 radical (unpaired) electrons. The van der Waals surface area contributed by atoms with Gasteiger partial charge in [-0.3, -0.25) is 4.79 Å². The van der Waals surface area contributed by atoms with Gasteiger partial charge in [-0.1, -0.05) is 81.9 Å². The summed E-state index contributed by atoms with van der Waals surface area (Å²) in [6.07, 6.45) is 4.02. The Kier molecular flexibility index (Phi) is 5.92. The van der Waals surface area contributed by atoms with E-state index in [1.54, 1.807) is 0 Å². The molecule has 2 heterocycles. The highest BCUT2D eigenvalue weighted by Crippen LogP contribution is 2.25. The van der Waals surface area contributed by atoms with Crippen LogP contribution in [0.4, 0.5) is 0 Å². The number of rotatable bonds is 6. The zero-order chi connectivity index (χ0) is 22.0. The lowest BCUT2D eigenvalue weighted by atomic mass is 9.87. The summed E-state index contributed by atoms with van der Waals surface area (Å²) in [4.78, 5) is 18.0. The Morgan fingerprint density at radius 3 is 2.39 bits per heavy atom. The maximum absolute atomic E-state index is 12.8. The predicted octanol–water partition coefficient (Wildman–Crippen LogP) is 4.84. The van der Waals surface area contributed by atoms with Crippen molar-refractivity contribution in [2.45, 2.75) is 46.0 Å². The third-order valence-corrected chi connectivity index (χ3v) is 6.09. The first-order chi connectivity index (χ1) is 14.8. The van der Waals surface area contributed by atoms with E-state index in [4.69, 9.17) is 4.74 Å². The molecular weight excluding hydrogens is 406 g/mol. The number of aromatic nitrogens is 3. The van der Waals surface area contributed by atoms with E-state index in [1.165, 1.54) is 21.4 Å². The molecule has 0 unspecified atom stereocenters. The number of thiazole rings is 1. The van der Waals surface area contributed by atoms with Crippen LogP contribution < -0.4 is 14.8 Å².